The Morgan fingerprint density at radius 3 is 2.75 bits per heavy atom. The lowest BCUT2D eigenvalue weighted by Gasteiger charge is -2.13. The van der Waals surface area contributed by atoms with Gasteiger partial charge in [0.1, 0.15) is 5.25 Å². The van der Waals surface area contributed by atoms with Crippen molar-refractivity contribution in [1.29, 1.82) is 0 Å². The van der Waals surface area contributed by atoms with E-state index in [1.165, 1.54) is 14.0 Å². The van der Waals surface area contributed by atoms with Gasteiger partial charge in [-0.1, -0.05) is 23.7 Å². The summed E-state index contributed by atoms with van der Waals surface area (Å²) in [7, 11) is -2.07. The lowest BCUT2D eigenvalue weighted by atomic mass is 10.2. The Bertz CT molecular complexity index is 559. The van der Waals surface area contributed by atoms with Gasteiger partial charge < -0.3 is 10.1 Å². The van der Waals surface area contributed by atoms with E-state index in [1.807, 2.05) is 0 Å². The molecule has 0 saturated heterocycles. The highest BCUT2D eigenvalue weighted by Gasteiger charge is 2.27. The molecule has 0 heterocycles. The van der Waals surface area contributed by atoms with Crippen LogP contribution in [-0.4, -0.2) is 39.8 Å². The molecule has 20 heavy (non-hydrogen) atoms. The third-order valence-electron chi connectivity index (χ3n) is 2.77. The molecular weight excluding hydrogens is 302 g/mol. The molecule has 1 aromatic carbocycles. The molecule has 1 rings (SSSR count). The Morgan fingerprint density at radius 2 is 2.15 bits per heavy atom. The van der Waals surface area contributed by atoms with Crippen LogP contribution in [-0.2, 0) is 25.1 Å². The maximum atomic E-state index is 12.2. The smallest absolute Gasteiger partial charge is 0.238 e. The quantitative estimate of drug-likeness (QED) is 0.771. The molecule has 5 nitrogen and oxygen atoms in total. The van der Waals surface area contributed by atoms with Crippen LogP contribution in [0.1, 0.15) is 12.5 Å². The van der Waals surface area contributed by atoms with E-state index in [1.54, 1.807) is 24.3 Å². The predicted molar refractivity (Wildman–Crippen MR) is 78.4 cm³/mol. The average molecular weight is 320 g/mol. The van der Waals surface area contributed by atoms with Crippen molar-refractivity contribution in [1.82, 2.24) is 5.32 Å². The zero-order valence-electron chi connectivity index (χ0n) is 11.4. The molecule has 7 heteroatoms. The molecule has 0 aliphatic carbocycles. The minimum absolute atomic E-state index is 0.216. The number of benzene rings is 1. The van der Waals surface area contributed by atoms with Crippen molar-refractivity contribution in [3.8, 4) is 0 Å². The molecule has 1 N–H and O–H groups in total. The normalized spacial score (nSPS) is 12.9. The summed E-state index contributed by atoms with van der Waals surface area (Å²) in [6, 6.07) is 6.59. The minimum Gasteiger partial charge on any atom is -0.383 e. The van der Waals surface area contributed by atoms with Crippen LogP contribution in [0.2, 0.25) is 5.02 Å². The first-order valence-corrected chi connectivity index (χ1v) is 8.19. The van der Waals surface area contributed by atoms with E-state index in [4.69, 9.17) is 16.3 Å². The van der Waals surface area contributed by atoms with E-state index in [9.17, 15) is 13.2 Å². The van der Waals surface area contributed by atoms with Crippen molar-refractivity contribution >= 4 is 27.3 Å². The van der Waals surface area contributed by atoms with Gasteiger partial charge in [0.15, 0.2) is 9.84 Å². The van der Waals surface area contributed by atoms with Crippen molar-refractivity contribution < 1.29 is 17.9 Å². The molecule has 112 valence electrons. The highest BCUT2D eigenvalue weighted by atomic mass is 35.5. The molecule has 1 unspecified atom stereocenters. The predicted octanol–water partition coefficient (Wildman–Crippen LogP) is 1.41. The van der Waals surface area contributed by atoms with Crippen LogP contribution < -0.4 is 5.32 Å². The second-order valence-corrected chi connectivity index (χ2v) is 7.12. The number of amides is 1. The maximum absolute atomic E-state index is 12.2. The lowest BCUT2D eigenvalue weighted by Crippen LogP contribution is -2.39. The van der Waals surface area contributed by atoms with Crippen LogP contribution in [0.5, 0.6) is 0 Å². The molecule has 0 bridgehead atoms. The van der Waals surface area contributed by atoms with Gasteiger partial charge in [-0.3, -0.25) is 4.79 Å². The number of rotatable bonds is 7. The summed E-state index contributed by atoms with van der Waals surface area (Å²) in [5.74, 6) is -0.740. The third kappa shape index (κ3) is 5.11. The number of ether oxygens (including phenoxy) is 1. The number of carbonyl (C=O) groups excluding carboxylic acids is 1. The van der Waals surface area contributed by atoms with Gasteiger partial charge in [-0.05, 0) is 24.6 Å². The topological polar surface area (TPSA) is 72.5 Å². The van der Waals surface area contributed by atoms with E-state index >= 15 is 0 Å². The second kappa shape index (κ2) is 7.61. The average Bonchev–Trinajstić information content (AvgIpc) is 2.37. The fourth-order valence-electron chi connectivity index (χ4n) is 1.57. The van der Waals surface area contributed by atoms with E-state index in [2.05, 4.69) is 5.32 Å². The molecule has 1 aromatic rings. The third-order valence-corrected chi connectivity index (χ3v) is 5.03. The van der Waals surface area contributed by atoms with Crippen molar-refractivity contribution in [3.63, 3.8) is 0 Å². The molecule has 0 aromatic heterocycles. The van der Waals surface area contributed by atoms with Gasteiger partial charge in [-0.25, -0.2) is 8.42 Å². The molecule has 0 saturated carbocycles. The Labute approximate surface area is 124 Å². The van der Waals surface area contributed by atoms with Crippen LogP contribution in [0.25, 0.3) is 0 Å². The van der Waals surface area contributed by atoms with Crippen molar-refractivity contribution in [2.75, 3.05) is 20.3 Å². The van der Waals surface area contributed by atoms with Gasteiger partial charge >= 0.3 is 0 Å². The Balaban J connectivity index is 2.70. The van der Waals surface area contributed by atoms with Crippen molar-refractivity contribution in [2.45, 2.75) is 17.9 Å². The summed E-state index contributed by atoms with van der Waals surface area (Å²) in [6.45, 7) is 2.00. The fourth-order valence-corrected chi connectivity index (χ4v) is 3.08. The van der Waals surface area contributed by atoms with E-state index < -0.39 is 21.0 Å². The summed E-state index contributed by atoms with van der Waals surface area (Å²) < 4.78 is 29.1. The zero-order valence-corrected chi connectivity index (χ0v) is 13.0. The largest absolute Gasteiger partial charge is 0.383 e. The minimum atomic E-state index is -3.58. The molecule has 1 atom stereocenters. The lowest BCUT2D eigenvalue weighted by molar-refractivity contribution is -0.120. The SMILES string of the molecule is COCCNC(=O)C(C)S(=O)(=O)Cc1cccc(Cl)c1. The van der Waals surface area contributed by atoms with Crippen LogP contribution in [0, 0.1) is 0 Å². The van der Waals surface area contributed by atoms with Gasteiger partial charge in [0, 0.05) is 18.7 Å². The summed E-state index contributed by atoms with van der Waals surface area (Å²) in [4.78, 5) is 11.7. The van der Waals surface area contributed by atoms with Crippen molar-refractivity contribution in [3.05, 3.63) is 34.9 Å². The van der Waals surface area contributed by atoms with E-state index in [0.717, 1.165) is 0 Å². The molecule has 0 radical (unpaired) electrons. The second-order valence-electron chi connectivity index (χ2n) is 4.36. The summed E-state index contributed by atoms with van der Waals surface area (Å²) in [5, 5.41) is 1.87. The molecular formula is C13H18ClNO4S. The number of halogens is 1. The van der Waals surface area contributed by atoms with E-state index in [0.29, 0.717) is 17.2 Å². The molecule has 0 fully saturated rings. The first-order valence-electron chi connectivity index (χ1n) is 6.09. The monoisotopic (exact) mass is 319 g/mol. The molecule has 0 spiro atoms. The van der Waals surface area contributed by atoms with Gasteiger partial charge in [0.25, 0.3) is 0 Å². The summed E-state index contributed by atoms with van der Waals surface area (Å²) >= 11 is 5.81. The maximum Gasteiger partial charge on any atom is 0.238 e. The first-order chi connectivity index (χ1) is 9.36. The van der Waals surface area contributed by atoms with Crippen LogP contribution >= 0.6 is 11.6 Å². The van der Waals surface area contributed by atoms with Gasteiger partial charge in [0.2, 0.25) is 5.91 Å². The highest BCUT2D eigenvalue weighted by molar-refractivity contribution is 7.92. The molecule has 1 amide bonds. The zero-order chi connectivity index (χ0) is 15.2. The van der Waals surface area contributed by atoms with Crippen LogP contribution in [0.15, 0.2) is 24.3 Å². The van der Waals surface area contributed by atoms with Gasteiger partial charge in [-0.2, -0.15) is 0 Å². The van der Waals surface area contributed by atoms with E-state index in [-0.39, 0.29) is 12.3 Å². The number of sulfone groups is 1. The standard InChI is InChI=1S/C13H18ClNO4S/c1-10(13(16)15-6-7-19-2)20(17,18)9-11-4-3-5-12(14)8-11/h3-5,8,10H,6-7,9H2,1-2H3,(H,15,16). The number of hydrogen-bond acceptors (Lipinski definition) is 4. The summed E-state index contributed by atoms with van der Waals surface area (Å²) in [6.07, 6.45) is 0. The van der Waals surface area contributed by atoms with Crippen molar-refractivity contribution in [2.24, 2.45) is 0 Å². The van der Waals surface area contributed by atoms with Crippen LogP contribution in [0.3, 0.4) is 0 Å². The number of methoxy groups -OCH3 is 1. The Kier molecular flexibility index (Phi) is 6.45. The number of hydrogen-bond donors (Lipinski definition) is 1. The molecule has 0 aliphatic rings. The Morgan fingerprint density at radius 1 is 1.45 bits per heavy atom. The van der Waals surface area contributed by atoms with Gasteiger partial charge in [-0.15, -0.1) is 0 Å². The highest BCUT2D eigenvalue weighted by Crippen LogP contribution is 2.15. The van der Waals surface area contributed by atoms with Crippen LogP contribution in [0.4, 0.5) is 0 Å². The number of nitrogens with one attached hydrogen (secondary N) is 1. The first kappa shape index (κ1) is 16.9. The number of carbonyl (C=O) groups is 1. The summed E-state index contributed by atoms with van der Waals surface area (Å²) in [5.41, 5.74) is 0.564. The fraction of sp³-hybridized carbons (Fsp3) is 0.462. The molecule has 0 aliphatic heterocycles. The Hall–Kier alpha value is -1.11. The van der Waals surface area contributed by atoms with Gasteiger partial charge in [0.05, 0.1) is 12.4 Å².